The molecule has 296 valence electrons. The minimum Gasteiger partial charge on any atom is -0.412 e. The molecule has 1 saturated heterocycles. The Labute approximate surface area is 293 Å². The number of anilines is 1. The van der Waals surface area contributed by atoms with Gasteiger partial charge in [-0.05, 0) is 0 Å². The Balaban J connectivity index is 0.00000833. The van der Waals surface area contributed by atoms with Crippen LogP contribution in [0.25, 0.3) is 11.2 Å². The van der Waals surface area contributed by atoms with E-state index in [0.717, 1.165) is 17.2 Å². The maximum absolute atomic E-state index is 12.6. The topological polar surface area (TPSA) is 441 Å². The highest BCUT2D eigenvalue weighted by molar-refractivity contribution is 7.80. The number of phosphoric ester groups is 3. The lowest BCUT2D eigenvalue weighted by atomic mass is 9.87. The number of nitrogens with zero attached hydrogens (tertiary/aromatic N) is 4. The van der Waals surface area contributed by atoms with Crippen LogP contribution in [0.1, 0.15) is 26.5 Å². The molecule has 1 aliphatic rings. The number of carbonyl (C=O) groups excluding carboxylic acids is 2. The van der Waals surface area contributed by atoms with Crippen LogP contribution >= 0.6 is 36.1 Å². The van der Waals surface area contributed by atoms with E-state index >= 15 is 0 Å². The molecule has 0 aromatic carbocycles. The van der Waals surface area contributed by atoms with Gasteiger partial charge >= 0.3 is 23.5 Å². The molecule has 3 heterocycles. The number of rotatable bonds is 18. The fraction of sp³-hybridized carbons (Fsp3) is 0.667. The smallest absolute Gasteiger partial charge is 0.412 e. The molecule has 7 atom stereocenters. The summed E-state index contributed by atoms with van der Waals surface area (Å²) in [6, 6.07) is 0. The van der Waals surface area contributed by atoms with Gasteiger partial charge in [0.05, 0.1) is 19.5 Å². The van der Waals surface area contributed by atoms with Gasteiger partial charge in [0.1, 0.15) is 36.3 Å². The maximum atomic E-state index is 12.6. The summed E-state index contributed by atoms with van der Waals surface area (Å²) in [6.45, 7) is 0.723. The number of nitrogens with two attached hydrogens (primary N) is 1. The van der Waals surface area contributed by atoms with Crippen LogP contribution in [0, 0.1) is 5.41 Å². The van der Waals surface area contributed by atoms with Gasteiger partial charge in [-0.15, -0.1) is 0 Å². The van der Waals surface area contributed by atoms with E-state index in [1.165, 1.54) is 13.8 Å². The highest BCUT2D eigenvalue weighted by atomic mass is 32.1. The van der Waals surface area contributed by atoms with Gasteiger partial charge in [-0.1, -0.05) is 13.8 Å². The zero-order chi connectivity index (χ0) is 36.1. The maximum Gasteiger partial charge on any atom is 0.481 e. The van der Waals surface area contributed by atoms with E-state index in [1.54, 1.807) is 0 Å². The number of imidazole rings is 1. The van der Waals surface area contributed by atoms with Gasteiger partial charge in [0.15, 0.2) is 17.7 Å². The van der Waals surface area contributed by atoms with Crippen LogP contribution in [0.3, 0.4) is 0 Å². The van der Waals surface area contributed by atoms with Crippen LogP contribution in [0.4, 0.5) is 5.82 Å². The third kappa shape index (κ3) is 13.9. The van der Waals surface area contributed by atoms with E-state index in [2.05, 4.69) is 47.0 Å². The fourth-order valence-corrected chi connectivity index (χ4v) is 7.08. The summed E-state index contributed by atoms with van der Waals surface area (Å²) in [7, 11) is -16.3. The molecule has 0 bridgehead atoms. The van der Waals surface area contributed by atoms with Crippen molar-refractivity contribution in [1.29, 1.82) is 0 Å². The average Bonchev–Trinajstić information content (AvgIpc) is 3.54. The molecule has 0 aliphatic carbocycles. The van der Waals surface area contributed by atoms with Crippen molar-refractivity contribution in [3.05, 3.63) is 12.7 Å². The van der Waals surface area contributed by atoms with Crippen molar-refractivity contribution in [2.45, 2.75) is 50.9 Å². The highest BCUT2D eigenvalue weighted by Gasteiger charge is 2.50. The molecule has 0 radical (unpaired) electrons. The van der Waals surface area contributed by atoms with Gasteiger partial charge < -0.3 is 67.3 Å². The van der Waals surface area contributed by atoms with Crippen molar-refractivity contribution >= 4 is 64.9 Å². The first kappa shape index (κ1) is 48.8. The number of phosphoric acid groups is 3. The highest BCUT2D eigenvalue weighted by Crippen LogP contribution is 2.61. The summed E-state index contributed by atoms with van der Waals surface area (Å²) in [5.41, 5.74) is 4.30. The fourth-order valence-electron chi connectivity index (χ4n) is 4.14. The monoisotopic (exact) mass is 821 g/mol. The van der Waals surface area contributed by atoms with Crippen LogP contribution in [-0.2, 0) is 45.9 Å². The Bertz CT molecular complexity index is 1600. The Morgan fingerprint density at radius 1 is 1.06 bits per heavy atom. The zero-order valence-corrected chi connectivity index (χ0v) is 30.3. The Morgan fingerprint density at radius 3 is 2.29 bits per heavy atom. The second kappa shape index (κ2) is 19.7. The predicted molar refractivity (Wildman–Crippen MR) is 174 cm³/mol. The van der Waals surface area contributed by atoms with Crippen molar-refractivity contribution in [2.24, 2.45) is 5.41 Å². The van der Waals surface area contributed by atoms with Crippen molar-refractivity contribution in [1.82, 2.24) is 30.2 Å². The Kier molecular flexibility index (Phi) is 18.9. The number of thiol groups is 1. The number of aliphatic hydroxyl groups excluding tert-OH is 2. The SMILES string of the molecule is CC(C)(COP(=O)(O)OP(=O)(O)OCC1OC(n2cnc3c(N)ncnc32)C(O)C1OP(=O)(O)O)C(O)C(=O)NCCC(=O)NCCS.O.O.O. The molecular formula is C21H42N7O19P3S. The number of aromatic nitrogens is 4. The van der Waals surface area contributed by atoms with Crippen molar-refractivity contribution in [2.75, 3.05) is 37.8 Å². The van der Waals surface area contributed by atoms with Crippen LogP contribution < -0.4 is 16.4 Å². The van der Waals surface area contributed by atoms with Gasteiger partial charge in [0.2, 0.25) is 11.8 Å². The van der Waals surface area contributed by atoms with Crippen molar-refractivity contribution < 1.29 is 92.1 Å². The summed E-state index contributed by atoms with van der Waals surface area (Å²) >= 11 is 3.95. The van der Waals surface area contributed by atoms with E-state index in [1.807, 2.05) is 0 Å². The molecule has 30 heteroatoms. The molecule has 0 spiro atoms. The van der Waals surface area contributed by atoms with E-state index in [4.69, 9.17) is 19.5 Å². The molecule has 0 saturated carbocycles. The minimum absolute atomic E-state index is 0. The van der Waals surface area contributed by atoms with Crippen molar-refractivity contribution in [3.63, 3.8) is 0 Å². The summed E-state index contributed by atoms with van der Waals surface area (Å²) in [6.07, 6.45) is -6.74. The number of aliphatic hydroxyl groups is 2. The molecule has 1 fully saturated rings. The number of nitrogens with one attached hydrogen (secondary N) is 2. The lowest BCUT2D eigenvalue weighted by Gasteiger charge is -2.30. The second-order valence-electron chi connectivity index (χ2n) is 10.8. The van der Waals surface area contributed by atoms with E-state index in [0.29, 0.717) is 12.3 Å². The number of amides is 2. The number of hydrogen-bond acceptors (Lipinski definition) is 17. The largest absolute Gasteiger partial charge is 0.481 e. The Morgan fingerprint density at radius 2 is 1.69 bits per heavy atom. The quantitative estimate of drug-likeness (QED) is 0.0504. The van der Waals surface area contributed by atoms with Gasteiger partial charge in [0, 0.05) is 30.7 Å². The predicted octanol–water partition coefficient (Wildman–Crippen LogP) is -4.14. The third-order valence-electron chi connectivity index (χ3n) is 6.51. The van der Waals surface area contributed by atoms with Crippen molar-refractivity contribution in [3.8, 4) is 0 Å². The number of hydrogen-bond donors (Lipinski definition) is 10. The molecule has 1 aliphatic heterocycles. The number of ether oxygens (including phenoxy) is 1. The number of fused-ring (bicyclic) bond motifs is 1. The van der Waals surface area contributed by atoms with Crippen LogP contribution in [0.2, 0.25) is 0 Å². The Hall–Kier alpha value is -2.23. The molecule has 2 aromatic heterocycles. The second-order valence-corrected chi connectivity index (χ2v) is 15.5. The van der Waals surface area contributed by atoms with E-state index < -0.39 is 78.6 Å². The summed E-state index contributed by atoms with van der Waals surface area (Å²) in [5, 5.41) is 26.1. The molecule has 2 amide bonds. The lowest BCUT2D eigenvalue weighted by Crippen LogP contribution is -2.46. The lowest BCUT2D eigenvalue weighted by molar-refractivity contribution is -0.137. The van der Waals surface area contributed by atoms with Gasteiger partial charge in [-0.25, -0.2) is 28.6 Å². The molecule has 16 N–H and O–H groups in total. The molecule has 3 rings (SSSR count). The minimum atomic E-state index is -5.54. The first-order valence-electron chi connectivity index (χ1n) is 13.7. The van der Waals surface area contributed by atoms with E-state index in [9.17, 15) is 53.1 Å². The van der Waals surface area contributed by atoms with Gasteiger partial charge in [-0.2, -0.15) is 16.9 Å². The number of nitrogen functional groups attached to an aromatic ring is 1. The standard InChI is InChI=1S/C21H36N7O16P3S.3H2O/c1-21(2,16(31)19(32)24-4-3-12(29)23-5-6-48)8-41-47(38,39)44-46(36,37)40-7-11-15(43-45(33,34)35)14(30)20(42-11)28-10-27-13-17(22)25-9-26-18(13)28;;;/h9-11,14-16,20,30-31,48H,3-8H2,1-2H3,(H,23,29)(H,24,32)(H,36,37)(H,38,39)(H2,22,25,26)(H2,33,34,35);3*1H2. The molecule has 26 nitrogen and oxygen atoms in total. The normalized spacial score (nSPS) is 22.0. The summed E-state index contributed by atoms with van der Waals surface area (Å²) < 4.78 is 61.7. The zero-order valence-electron chi connectivity index (χ0n) is 26.7. The van der Waals surface area contributed by atoms with Gasteiger partial charge in [-0.3, -0.25) is 27.7 Å². The molecular weight excluding hydrogens is 779 g/mol. The third-order valence-corrected chi connectivity index (χ3v) is 9.83. The summed E-state index contributed by atoms with van der Waals surface area (Å²) in [5.74, 6) is -0.943. The van der Waals surface area contributed by atoms with E-state index in [-0.39, 0.29) is 52.3 Å². The molecule has 51 heavy (non-hydrogen) atoms. The first-order chi connectivity index (χ1) is 22.2. The van der Waals surface area contributed by atoms with Crippen LogP contribution in [0.15, 0.2) is 12.7 Å². The number of carbonyl (C=O) groups is 2. The van der Waals surface area contributed by atoms with Gasteiger partial charge in [0.25, 0.3) is 0 Å². The van der Waals surface area contributed by atoms with Crippen LogP contribution in [0.5, 0.6) is 0 Å². The average molecular weight is 822 g/mol. The molecule has 2 aromatic rings. The summed E-state index contributed by atoms with van der Waals surface area (Å²) in [4.78, 5) is 74.6. The first-order valence-corrected chi connectivity index (χ1v) is 18.8. The molecule has 7 unspecified atom stereocenters. The van der Waals surface area contributed by atoms with Crippen LogP contribution in [-0.4, -0.2) is 134 Å².